The summed E-state index contributed by atoms with van der Waals surface area (Å²) in [4.78, 5) is 4.21. The van der Waals surface area contributed by atoms with Gasteiger partial charge in [0.25, 0.3) is 0 Å². The van der Waals surface area contributed by atoms with E-state index in [1.165, 1.54) is 0 Å². The number of hydrogen-bond donors (Lipinski definition) is 0. The predicted octanol–water partition coefficient (Wildman–Crippen LogP) is 4.71. The molecule has 82 valence electrons. The summed E-state index contributed by atoms with van der Waals surface area (Å²) >= 11 is 6.72. The highest BCUT2D eigenvalue weighted by Crippen LogP contribution is 2.26. The Morgan fingerprint density at radius 2 is 1.94 bits per heavy atom. The second-order valence-electron chi connectivity index (χ2n) is 3.31. The first-order valence-corrected chi connectivity index (χ1v) is 6.30. The van der Waals surface area contributed by atoms with Crippen LogP contribution in [-0.2, 0) is 0 Å². The molecule has 4 heteroatoms. The van der Waals surface area contributed by atoms with Gasteiger partial charge in [0.1, 0.15) is 10.4 Å². The van der Waals surface area contributed by atoms with Crippen LogP contribution in [0, 0.1) is 6.92 Å². The van der Waals surface area contributed by atoms with Crippen molar-refractivity contribution in [1.82, 2.24) is 4.98 Å². The Labute approximate surface area is 111 Å². The summed E-state index contributed by atoms with van der Waals surface area (Å²) in [6.07, 6.45) is 0. The summed E-state index contributed by atoms with van der Waals surface area (Å²) in [5.41, 5.74) is 1.07. The number of aryl methyl sites for hydroxylation is 1. The molecule has 16 heavy (non-hydrogen) atoms. The molecule has 1 heterocycles. The smallest absolute Gasteiger partial charge is 0.220 e. The molecule has 0 saturated carbocycles. The molecule has 0 unspecified atom stereocenters. The van der Waals surface area contributed by atoms with Gasteiger partial charge in [-0.2, -0.15) is 0 Å². The van der Waals surface area contributed by atoms with Gasteiger partial charge in [-0.15, -0.1) is 0 Å². The molecule has 0 fully saturated rings. The molecule has 2 aromatic rings. The number of aromatic nitrogens is 1. The van der Waals surface area contributed by atoms with Crippen LogP contribution < -0.4 is 4.74 Å². The zero-order valence-corrected chi connectivity index (χ0v) is 11.7. The van der Waals surface area contributed by atoms with Gasteiger partial charge in [-0.3, -0.25) is 0 Å². The number of pyridine rings is 1. The number of hydrogen-bond acceptors (Lipinski definition) is 2. The Morgan fingerprint density at radius 3 is 2.62 bits per heavy atom. The molecule has 0 amide bonds. The minimum atomic E-state index is 0.583. The van der Waals surface area contributed by atoms with Crippen molar-refractivity contribution in [2.24, 2.45) is 0 Å². The van der Waals surface area contributed by atoms with Crippen molar-refractivity contribution in [2.75, 3.05) is 0 Å². The van der Waals surface area contributed by atoms with Gasteiger partial charge in [0.2, 0.25) is 5.88 Å². The molecule has 0 aliphatic heterocycles. The maximum atomic E-state index is 5.68. The molecule has 0 atom stereocenters. The van der Waals surface area contributed by atoms with Crippen LogP contribution in [0.15, 0.2) is 45.5 Å². The summed E-state index contributed by atoms with van der Waals surface area (Å²) in [5.74, 6) is 1.40. The maximum absolute atomic E-state index is 5.68. The normalized spacial score (nSPS) is 10.2. The standard InChI is InChI=1S/C12H9Br2NO/c1-8-7-9(13)5-6-10(8)16-12-4-2-3-11(14)15-12/h2-7H,1H3. The Bertz CT molecular complexity index is 514. The zero-order chi connectivity index (χ0) is 11.5. The SMILES string of the molecule is Cc1cc(Br)ccc1Oc1cccc(Br)n1. The Balaban J connectivity index is 2.27. The first-order valence-electron chi connectivity index (χ1n) is 4.72. The molecule has 0 bridgehead atoms. The fraction of sp³-hybridized carbons (Fsp3) is 0.0833. The van der Waals surface area contributed by atoms with E-state index in [1.54, 1.807) is 0 Å². The van der Waals surface area contributed by atoms with Gasteiger partial charge >= 0.3 is 0 Å². The van der Waals surface area contributed by atoms with Crippen molar-refractivity contribution in [3.05, 3.63) is 51.0 Å². The monoisotopic (exact) mass is 341 g/mol. The number of benzene rings is 1. The molecule has 1 aromatic heterocycles. The second kappa shape index (κ2) is 4.97. The van der Waals surface area contributed by atoms with E-state index in [9.17, 15) is 0 Å². The topological polar surface area (TPSA) is 22.1 Å². The molecule has 0 spiro atoms. The maximum Gasteiger partial charge on any atom is 0.220 e. The van der Waals surface area contributed by atoms with Crippen LogP contribution >= 0.6 is 31.9 Å². The molecule has 0 saturated heterocycles. The average Bonchev–Trinajstić information content (AvgIpc) is 2.22. The molecular weight excluding hydrogens is 334 g/mol. The minimum absolute atomic E-state index is 0.583. The van der Waals surface area contributed by atoms with E-state index in [0.29, 0.717) is 5.88 Å². The van der Waals surface area contributed by atoms with Crippen molar-refractivity contribution in [2.45, 2.75) is 6.92 Å². The summed E-state index contributed by atoms with van der Waals surface area (Å²) in [7, 11) is 0. The van der Waals surface area contributed by atoms with Crippen molar-refractivity contribution in [3.63, 3.8) is 0 Å². The molecule has 0 aliphatic carbocycles. The predicted molar refractivity (Wildman–Crippen MR) is 70.9 cm³/mol. The quantitative estimate of drug-likeness (QED) is 0.737. The highest BCUT2D eigenvalue weighted by atomic mass is 79.9. The van der Waals surface area contributed by atoms with E-state index in [-0.39, 0.29) is 0 Å². The second-order valence-corrected chi connectivity index (χ2v) is 5.04. The lowest BCUT2D eigenvalue weighted by Gasteiger charge is -2.07. The lowest BCUT2D eigenvalue weighted by atomic mass is 10.2. The van der Waals surface area contributed by atoms with Gasteiger partial charge in [-0.05, 0) is 52.7 Å². The van der Waals surface area contributed by atoms with Crippen LogP contribution in [-0.4, -0.2) is 4.98 Å². The van der Waals surface area contributed by atoms with Crippen LogP contribution in [0.4, 0.5) is 0 Å². The number of ether oxygens (including phenoxy) is 1. The first-order chi connectivity index (χ1) is 7.65. The molecule has 2 rings (SSSR count). The van der Waals surface area contributed by atoms with E-state index < -0.39 is 0 Å². The van der Waals surface area contributed by atoms with Crippen molar-refractivity contribution in [1.29, 1.82) is 0 Å². The van der Waals surface area contributed by atoms with Crippen LogP contribution in [0.2, 0.25) is 0 Å². The van der Waals surface area contributed by atoms with Gasteiger partial charge in [0.05, 0.1) is 0 Å². The van der Waals surface area contributed by atoms with E-state index in [1.807, 2.05) is 43.3 Å². The van der Waals surface area contributed by atoms with E-state index in [4.69, 9.17) is 4.74 Å². The largest absolute Gasteiger partial charge is 0.439 e. The lowest BCUT2D eigenvalue weighted by molar-refractivity contribution is 0.458. The van der Waals surface area contributed by atoms with Gasteiger partial charge < -0.3 is 4.74 Å². The average molecular weight is 343 g/mol. The molecule has 0 aliphatic rings. The number of halogens is 2. The fourth-order valence-electron chi connectivity index (χ4n) is 1.29. The third-order valence-corrected chi connectivity index (χ3v) is 2.98. The highest BCUT2D eigenvalue weighted by molar-refractivity contribution is 9.10. The molecule has 2 nitrogen and oxygen atoms in total. The lowest BCUT2D eigenvalue weighted by Crippen LogP contribution is -1.90. The Hall–Kier alpha value is -0.870. The van der Waals surface area contributed by atoms with Gasteiger partial charge in [-0.1, -0.05) is 22.0 Å². The molecule has 0 radical (unpaired) electrons. The number of rotatable bonds is 2. The van der Waals surface area contributed by atoms with Gasteiger partial charge in [0.15, 0.2) is 0 Å². The van der Waals surface area contributed by atoms with E-state index >= 15 is 0 Å². The van der Waals surface area contributed by atoms with Crippen molar-refractivity contribution in [3.8, 4) is 11.6 Å². The third-order valence-electron chi connectivity index (χ3n) is 2.04. The zero-order valence-electron chi connectivity index (χ0n) is 8.58. The first kappa shape index (κ1) is 11.6. The summed E-state index contributed by atoms with van der Waals surface area (Å²) in [5, 5.41) is 0. The van der Waals surface area contributed by atoms with E-state index in [0.717, 1.165) is 20.4 Å². The summed E-state index contributed by atoms with van der Waals surface area (Å²) < 4.78 is 7.49. The molecule has 1 aromatic carbocycles. The Morgan fingerprint density at radius 1 is 1.12 bits per heavy atom. The van der Waals surface area contributed by atoms with Crippen molar-refractivity contribution >= 4 is 31.9 Å². The minimum Gasteiger partial charge on any atom is -0.439 e. The van der Waals surface area contributed by atoms with E-state index in [2.05, 4.69) is 36.8 Å². The van der Waals surface area contributed by atoms with Crippen LogP contribution in [0.25, 0.3) is 0 Å². The molecular formula is C12H9Br2NO. The third kappa shape index (κ3) is 2.83. The van der Waals surface area contributed by atoms with Gasteiger partial charge in [-0.25, -0.2) is 4.98 Å². The van der Waals surface area contributed by atoms with Gasteiger partial charge in [0, 0.05) is 10.5 Å². The summed E-state index contributed by atoms with van der Waals surface area (Å²) in [6.45, 7) is 2.00. The van der Waals surface area contributed by atoms with Crippen LogP contribution in [0.1, 0.15) is 5.56 Å². The van der Waals surface area contributed by atoms with Crippen molar-refractivity contribution < 1.29 is 4.74 Å². The number of nitrogens with zero attached hydrogens (tertiary/aromatic N) is 1. The Kier molecular flexibility index (Phi) is 3.61. The molecule has 0 N–H and O–H groups in total. The van der Waals surface area contributed by atoms with Crippen LogP contribution in [0.3, 0.4) is 0 Å². The highest BCUT2D eigenvalue weighted by Gasteiger charge is 2.03. The fourth-order valence-corrected chi connectivity index (χ4v) is 2.09. The van der Waals surface area contributed by atoms with Crippen LogP contribution in [0.5, 0.6) is 11.6 Å². The summed E-state index contributed by atoms with van der Waals surface area (Å²) in [6, 6.07) is 11.4.